The van der Waals surface area contributed by atoms with Crippen LogP contribution in [0.25, 0.3) is 0 Å². The normalized spacial score (nSPS) is 39.3. The van der Waals surface area contributed by atoms with Crippen molar-refractivity contribution < 1.29 is 5.11 Å². The van der Waals surface area contributed by atoms with Crippen LogP contribution in [0.5, 0.6) is 0 Å². The lowest BCUT2D eigenvalue weighted by Crippen LogP contribution is -2.02. The van der Waals surface area contributed by atoms with E-state index < -0.39 is 0 Å². The van der Waals surface area contributed by atoms with Gasteiger partial charge in [0.25, 0.3) is 0 Å². The lowest BCUT2D eigenvalue weighted by molar-refractivity contribution is 0.319. The molecule has 0 aromatic rings. The summed E-state index contributed by atoms with van der Waals surface area (Å²) in [6, 6.07) is 0. The summed E-state index contributed by atoms with van der Waals surface area (Å²) in [5.41, 5.74) is 3.28. The molecule has 2 rings (SSSR count). The Kier molecular flexibility index (Phi) is 1.26. The zero-order chi connectivity index (χ0) is 8.22. The monoisotopic (exact) mass is 152 g/mol. The SMILES string of the molecule is CC1=C(CO)[C@@H]2[C@H](C1)C2(C)C. The second-order valence-electron chi connectivity index (χ2n) is 4.57. The van der Waals surface area contributed by atoms with Gasteiger partial charge in [-0.25, -0.2) is 0 Å². The molecule has 2 aliphatic rings. The zero-order valence-corrected chi connectivity index (χ0v) is 7.52. The van der Waals surface area contributed by atoms with Crippen molar-refractivity contribution in [2.75, 3.05) is 6.61 Å². The lowest BCUT2D eigenvalue weighted by atomic mass is 9.96. The van der Waals surface area contributed by atoms with E-state index in [1.54, 1.807) is 0 Å². The smallest absolute Gasteiger partial charge is 0.0647 e. The van der Waals surface area contributed by atoms with Gasteiger partial charge in [0.1, 0.15) is 0 Å². The molecule has 1 nitrogen and oxygen atoms in total. The van der Waals surface area contributed by atoms with Gasteiger partial charge in [-0.15, -0.1) is 0 Å². The minimum atomic E-state index is 0.288. The van der Waals surface area contributed by atoms with Gasteiger partial charge < -0.3 is 5.11 Å². The van der Waals surface area contributed by atoms with Crippen LogP contribution in [-0.4, -0.2) is 11.7 Å². The first kappa shape index (κ1) is 7.35. The Bertz CT molecular complexity index is 225. The standard InChI is InChI=1S/C10H16O/c1-6-4-8-9(7(6)5-11)10(8,2)3/h8-9,11H,4-5H2,1-3H3/t8-,9+/m0/s1. The van der Waals surface area contributed by atoms with E-state index in [9.17, 15) is 0 Å². The van der Waals surface area contributed by atoms with Crippen molar-refractivity contribution in [3.05, 3.63) is 11.1 Å². The van der Waals surface area contributed by atoms with E-state index in [0.29, 0.717) is 11.3 Å². The van der Waals surface area contributed by atoms with Crippen LogP contribution < -0.4 is 0 Å². The number of hydrogen-bond donors (Lipinski definition) is 1. The average molecular weight is 152 g/mol. The van der Waals surface area contributed by atoms with Gasteiger partial charge in [-0.3, -0.25) is 0 Å². The van der Waals surface area contributed by atoms with E-state index >= 15 is 0 Å². The Labute approximate surface area is 68.1 Å². The summed E-state index contributed by atoms with van der Waals surface area (Å²) in [7, 11) is 0. The minimum absolute atomic E-state index is 0.288. The number of allylic oxidation sites excluding steroid dienone is 1. The molecule has 0 saturated heterocycles. The van der Waals surface area contributed by atoms with Crippen molar-refractivity contribution in [1.82, 2.24) is 0 Å². The summed E-state index contributed by atoms with van der Waals surface area (Å²) in [6.45, 7) is 7.07. The summed E-state index contributed by atoms with van der Waals surface area (Å²) in [5.74, 6) is 1.57. The Balaban J connectivity index is 2.25. The Morgan fingerprint density at radius 3 is 2.55 bits per heavy atom. The van der Waals surface area contributed by atoms with E-state index in [1.807, 2.05) is 0 Å². The summed E-state index contributed by atoms with van der Waals surface area (Å²) in [4.78, 5) is 0. The first-order valence-corrected chi connectivity index (χ1v) is 4.38. The molecule has 0 aromatic carbocycles. The van der Waals surface area contributed by atoms with Gasteiger partial charge in [-0.05, 0) is 36.2 Å². The summed E-state index contributed by atoms with van der Waals surface area (Å²) < 4.78 is 0. The molecule has 62 valence electrons. The average Bonchev–Trinajstić information content (AvgIpc) is 2.38. The number of rotatable bonds is 1. The van der Waals surface area contributed by atoms with Gasteiger partial charge in [0.15, 0.2) is 0 Å². The van der Waals surface area contributed by atoms with E-state index in [0.717, 1.165) is 5.92 Å². The first-order chi connectivity index (χ1) is 5.09. The topological polar surface area (TPSA) is 20.2 Å². The van der Waals surface area contributed by atoms with Crippen LogP contribution in [0.15, 0.2) is 11.1 Å². The number of fused-ring (bicyclic) bond motifs is 1. The van der Waals surface area contributed by atoms with Crippen molar-refractivity contribution in [3.63, 3.8) is 0 Å². The summed E-state index contributed by atoms with van der Waals surface area (Å²) in [5, 5.41) is 9.11. The van der Waals surface area contributed by atoms with E-state index in [2.05, 4.69) is 20.8 Å². The predicted molar refractivity (Wildman–Crippen MR) is 45.2 cm³/mol. The highest BCUT2D eigenvalue weighted by Gasteiger charge is 2.61. The highest BCUT2D eigenvalue weighted by molar-refractivity contribution is 5.35. The molecule has 1 N–H and O–H groups in total. The van der Waals surface area contributed by atoms with Crippen LogP contribution in [0.3, 0.4) is 0 Å². The summed E-state index contributed by atoms with van der Waals surface area (Å²) >= 11 is 0. The first-order valence-electron chi connectivity index (χ1n) is 4.38. The fourth-order valence-corrected chi connectivity index (χ4v) is 2.78. The maximum atomic E-state index is 9.11. The van der Waals surface area contributed by atoms with Crippen LogP contribution in [0.1, 0.15) is 27.2 Å². The van der Waals surface area contributed by atoms with Gasteiger partial charge in [-0.1, -0.05) is 19.4 Å². The summed E-state index contributed by atoms with van der Waals surface area (Å²) in [6.07, 6.45) is 1.23. The lowest BCUT2D eigenvalue weighted by Gasteiger charge is -2.10. The van der Waals surface area contributed by atoms with E-state index in [4.69, 9.17) is 5.11 Å². The van der Waals surface area contributed by atoms with Crippen LogP contribution in [0.2, 0.25) is 0 Å². The molecule has 0 aromatic heterocycles. The molecule has 0 heterocycles. The highest BCUT2D eigenvalue weighted by Crippen LogP contribution is 2.68. The maximum Gasteiger partial charge on any atom is 0.0647 e. The molecule has 0 unspecified atom stereocenters. The molecule has 0 spiro atoms. The zero-order valence-electron chi connectivity index (χ0n) is 7.52. The molecule has 2 aliphatic carbocycles. The molecule has 1 saturated carbocycles. The molecule has 2 atom stereocenters. The van der Waals surface area contributed by atoms with Gasteiger partial charge in [0.2, 0.25) is 0 Å². The van der Waals surface area contributed by atoms with E-state index in [-0.39, 0.29) is 6.61 Å². The van der Waals surface area contributed by atoms with Crippen molar-refractivity contribution in [2.45, 2.75) is 27.2 Å². The molecular weight excluding hydrogens is 136 g/mol. The third-order valence-electron chi connectivity index (χ3n) is 3.67. The van der Waals surface area contributed by atoms with Crippen LogP contribution in [0, 0.1) is 17.3 Å². The Morgan fingerprint density at radius 1 is 1.55 bits per heavy atom. The van der Waals surface area contributed by atoms with Crippen molar-refractivity contribution in [1.29, 1.82) is 0 Å². The van der Waals surface area contributed by atoms with Crippen molar-refractivity contribution in [3.8, 4) is 0 Å². The largest absolute Gasteiger partial charge is 0.392 e. The molecule has 11 heavy (non-hydrogen) atoms. The Morgan fingerprint density at radius 2 is 2.18 bits per heavy atom. The van der Waals surface area contributed by atoms with Crippen LogP contribution in [0.4, 0.5) is 0 Å². The van der Waals surface area contributed by atoms with Crippen LogP contribution >= 0.6 is 0 Å². The minimum Gasteiger partial charge on any atom is -0.392 e. The number of hydrogen-bond acceptors (Lipinski definition) is 1. The second-order valence-corrected chi connectivity index (χ2v) is 4.57. The molecular formula is C10H16O. The van der Waals surface area contributed by atoms with Crippen molar-refractivity contribution in [2.24, 2.45) is 17.3 Å². The molecule has 0 radical (unpaired) electrons. The second kappa shape index (κ2) is 1.89. The van der Waals surface area contributed by atoms with Gasteiger partial charge in [-0.2, -0.15) is 0 Å². The molecule has 0 aliphatic heterocycles. The molecule has 0 bridgehead atoms. The number of aliphatic hydroxyl groups is 1. The van der Waals surface area contributed by atoms with Crippen LogP contribution in [-0.2, 0) is 0 Å². The number of aliphatic hydroxyl groups excluding tert-OH is 1. The van der Waals surface area contributed by atoms with Gasteiger partial charge in [0.05, 0.1) is 6.61 Å². The molecule has 1 fully saturated rings. The highest BCUT2D eigenvalue weighted by atomic mass is 16.3. The quantitative estimate of drug-likeness (QED) is 0.569. The van der Waals surface area contributed by atoms with Gasteiger partial charge >= 0.3 is 0 Å². The Hall–Kier alpha value is -0.300. The van der Waals surface area contributed by atoms with Crippen molar-refractivity contribution >= 4 is 0 Å². The van der Waals surface area contributed by atoms with Gasteiger partial charge in [0, 0.05) is 0 Å². The maximum absolute atomic E-state index is 9.11. The fourth-order valence-electron chi connectivity index (χ4n) is 2.78. The third kappa shape index (κ3) is 0.750. The molecule has 0 amide bonds. The third-order valence-corrected chi connectivity index (χ3v) is 3.67. The van der Waals surface area contributed by atoms with E-state index in [1.165, 1.54) is 17.6 Å². The fraction of sp³-hybridized carbons (Fsp3) is 0.800. The molecule has 1 heteroatoms. The predicted octanol–water partition coefficient (Wildman–Crippen LogP) is 1.97.